The Balaban J connectivity index is 2.86. The monoisotopic (exact) mass is 180 g/mol. The fourth-order valence-corrected chi connectivity index (χ4v) is 1.10. The van der Waals surface area contributed by atoms with E-state index in [1.54, 1.807) is 6.08 Å². The van der Waals surface area contributed by atoms with Crippen LogP contribution in [0.2, 0.25) is 0 Å². The summed E-state index contributed by atoms with van der Waals surface area (Å²) in [5.41, 5.74) is 2.06. The maximum Gasteiger partial charge on any atom is 0.142 e. The first-order chi connectivity index (χ1) is 5.86. The molecule has 2 heteroatoms. The van der Waals surface area contributed by atoms with Gasteiger partial charge in [-0.05, 0) is 17.2 Å². The lowest BCUT2D eigenvalue weighted by Crippen LogP contribution is -1.78. The van der Waals surface area contributed by atoms with E-state index in [1.165, 1.54) is 6.08 Å². The Morgan fingerprint density at radius 2 is 2.25 bits per heavy atom. The molecule has 0 heterocycles. The van der Waals surface area contributed by atoms with Crippen molar-refractivity contribution in [3.8, 4) is 0 Å². The number of benzene rings is 1. The zero-order chi connectivity index (χ0) is 8.81. The first-order valence-electron chi connectivity index (χ1n) is 3.63. The van der Waals surface area contributed by atoms with Crippen molar-refractivity contribution in [3.05, 3.63) is 41.5 Å². The molecule has 1 rings (SSSR count). The predicted molar refractivity (Wildman–Crippen MR) is 51.1 cm³/mol. The number of hydrogen-bond donors (Lipinski definition) is 0. The lowest BCUT2D eigenvalue weighted by Gasteiger charge is -1.95. The molecule has 0 unspecified atom stereocenters. The average molecular weight is 181 g/mol. The van der Waals surface area contributed by atoms with Gasteiger partial charge in [-0.3, -0.25) is 4.79 Å². The summed E-state index contributed by atoms with van der Waals surface area (Å²) in [6.07, 6.45) is 3.98. The quantitative estimate of drug-likeness (QED) is 0.397. The second-order valence-corrected chi connectivity index (χ2v) is 2.64. The normalized spacial score (nSPS) is 10.4. The van der Waals surface area contributed by atoms with Gasteiger partial charge in [0.25, 0.3) is 0 Å². The highest BCUT2D eigenvalue weighted by atomic mass is 35.5. The summed E-state index contributed by atoms with van der Waals surface area (Å²) in [5, 5.41) is 0. The zero-order valence-corrected chi connectivity index (χ0v) is 7.29. The summed E-state index contributed by atoms with van der Waals surface area (Å²) in [5.74, 6) is 0.503. The first kappa shape index (κ1) is 9.01. The second kappa shape index (κ2) is 4.73. The lowest BCUT2D eigenvalue weighted by atomic mass is 10.1. The number of alkyl halides is 1. The van der Waals surface area contributed by atoms with Gasteiger partial charge in [0, 0.05) is 5.88 Å². The molecule has 0 saturated heterocycles. The van der Waals surface area contributed by atoms with Crippen molar-refractivity contribution < 1.29 is 4.79 Å². The molecule has 12 heavy (non-hydrogen) atoms. The molecule has 0 radical (unpaired) electrons. The third-order valence-electron chi connectivity index (χ3n) is 1.47. The number of halogens is 1. The third-order valence-corrected chi connectivity index (χ3v) is 1.78. The Morgan fingerprint density at radius 3 is 2.92 bits per heavy atom. The molecule has 0 saturated carbocycles. The Morgan fingerprint density at radius 1 is 1.42 bits per heavy atom. The van der Waals surface area contributed by atoms with Gasteiger partial charge in [0.05, 0.1) is 0 Å². The largest absolute Gasteiger partial charge is 0.299 e. The van der Waals surface area contributed by atoms with Crippen LogP contribution in [0.4, 0.5) is 0 Å². The Kier molecular flexibility index (Phi) is 3.55. The number of rotatable bonds is 3. The topological polar surface area (TPSA) is 17.1 Å². The van der Waals surface area contributed by atoms with Crippen molar-refractivity contribution in [2.24, 2.45) is 0 Å². The van der Waals surface area contributed by atoms with Crippen LogP contribution in [0, 0.1) is 0 Å². The van der Waals surface area contributed by atoms with Crippen LogP contribution < -0.4 is 0 Å². The minimum Gasteiger partial charge on any atom is -0.299 e. The van der Waals surface area contributed by atoms with E-state index >= 15 is 0 Å². The van der Waals surface area contributed by atoms with Gasteiger partial charge in [-0.2, -0.15) is 0 Å². The fraction of sp³-hybridized carbons (Fsp3) is 0.100. The van der Waals surface area contributed by atoms with Gasteiger partial charge < -0.3 is 0 Å². The van der Waals surface area contributed by atoms with Crippen LogP contribution in [0.1, 0.15) is 11.1 Å². The van der Waals surface area contributed by atoms with Crippen molar-refractivity contribution in [2.45, 2.75) is 5.88 Å². The number of allylic oxidation sites excluding steroid dienone is 1. The Labute approximate surface area is 76.7 Å². The van der Waals surface area contributed by atoms with Crippen molar-refractivity contribution in [1.82, 2.24) is 0 Å². The summed E-state index contributed by atoms with van der Waals surface area (Å²) in [7, 11) is 0. The minimum absolute atomic E-state index is 0.503. The van der Waals surface area contributed by atoms with Gasteiger partial charge in [0.2, 0.25) is 0 Å². The van der Waals surface area contributed by atoms with Gasteiger partial charge in [-0.15, -0.1) is 11.6 Å². The molecular formula is C10H9ClO. The number of aldehydes is 1. The van der Waals surface area contributed by atoms with Crippen LogP contribution in [-0.2, 0) is 10.7 Å². The summed E-state index contributed by atoms with van der Waals surface area (Å²) in [6, 6.07) is 7.75. The maximum absolute atomic E-state index is 10.0. The average Bonchev–Trinajstić information content (AvgIpc) is 2.15. The maximum atomic E-state index is 10.0. The highest BCUT2D eigenvalue weighted by Gasteiger charge is 1.89. The van der Waals surface area contributed by atoms with Crippen molar-refractivity contribution in [3.63, 3.8) is 0 Å². The van der Waals surface area contributed by atoms with E-state index in [4.69, 9.17) is 11.6 Å². The van der Waals surface area contributed by atoms with Gasteiger partial charge in [-0.1, -0.05) is 30.3 Å². The highest BCUT2D eigenvalue weighted by molar-refractivity contribution is 6.17. The van der Waals surface area contributed by atoms with E-state index in [2.05, 4.69) is 0 Å². The van der Waals surface area contributed by atoms with E-state index in [0.29, 0.717) is 5.88 Å². The molecule has 1 aromatic rings. The SMILES string of the molecule is O=CC=Cc1cccc(CCl)c1. The molecule has 0 aliphatic heterocycles. The van der Waals surface area contributed by atoms with Crippen molar-refractivity contribution in [1.29, 1.82) is 0 Å². The summed E-state index contributed by atoms with van der Waals surface area (Å²) in [4.78, 5) is 10.0. The molecule has 0 atom stereocenters. The molecule has 0 amide bonds. The molecule has 0 bridgehead atoms. The van der Waals surface area contributed by atoms with E-state index < -0.39 is 0 Å². The van der Waals surface area contributed by atoms with E-state index in [0.717, 1.165) is 17.4 Å². The molecule has 62 valence electrons. The van der Waals surface area contributed by atoms with E-state index in [9.17, 15) is 4.79 Å². The number of carbonyl (C=O) groups excluding carboxylic acids is 1. The Hall–Kier alpha value is -1.08. The standard InChI is InChI=1S/C10H9ClO/c11-8-10-4-1-3-9(7-10)5-2-6-12/h1-7H,8H2. The predicted octanol–water partition coefficient (Wildman–Crippen LogP) is 2.64. The van der Waals surface area contributed by atoms with Crippen molar-refractivity contribution >= 4 is 24.0 Å². The number of carbonyl (C=O) groups is 1. The van der Waals surface area contributed by atoms with E-state index in [1.807, 2.05) is 24.3 Å². The zero-order valence-electron chi connectivity index (χ0n) is 6.53. The molecule has 0 N–H and O–H groups in total. The molecule has 0 spiro atoms. The van der Waals surface area contributed by atoms with Crippen LogP contribution in [-0.4, -0.2) is 6.29 Å². The lowest BCUT2D eigenvalue weighted by molar-refractivity contribution is -0.104. The molecule has 0 aliphatic carbocycles. The van der Waals surface area contributed by atoms with Crippen LogP contribution in [0.25, 0.3) is 6.08 Å². The van der Waals surface area contributed by atoms with Crippen LogP contribution in [0.15, 0.2) is 30.3 Å². The molecule has 0 fully saturated rings. The van der Waals surface area contributed by atoms with Gasteiger partial charge in [0.15, 0.2) is 0 Å². The fourth-order valence-electron chi connectivity index (χ4n) is 0.930. The molecule has 1 aromatic carbocycles. The third kappa shape index (κ3) is 2.51. The van der Waals surface area contributed by atoms with Gasteiger partial charge in [-0.25, -0.2) is 0 Å². The summed E-state index contributed by atoms with van der Waals surface area (Å²) in [6.45, 7) is 0. The van der Waals surface area contributed by atoms with Crippen LogP contribution >= 0.6 is 11.6 Å². The van der Waals surface area contributed by atoms with Crippen LogP contribution in [0.3, 0.4) is 0 Å². The molecule has 1 nitrogen and oxygen atoms in total. The highest BCUT2D eigenvalue weighted by Crippen LogP contribution is 2.08. The minimum atomic E-state index is 0.503. The first-order valence-corrected chi connectivity index (χ1v) is 4.17. The Bertz CT molecular complexity index is 292. The second-order valence-electron chi connectivity index (χ2n) is 2.37. The summed E-state index contributed by atoms with van der Waals surface area (Å²) >= 11 is 5.64. The van der Waals surface area contributed by atoms with E-state index in [-0.39, 0.29) is 0 Å². The van der Waals surface area contributed by atoms with Crippen LogP contribution in [0.5, 0.6) is 0 Å². The molecule has 0 aromatic heterocycles. The molecule has 0 aliphatic rings. The van der Waals surface area contributed by atoms with Gasteiger partial charge in [0.1, 0.15) is 6.29 Å². The smallest absolute Gasteiger partial charge is 0.142 e. The van der Waals surface area contributed by atoms with Gasteiger partial charge >= 0.3 is 0 Å². The van der Waals surface area contributed by atoms with Crippen molar-refractivity contribution in [2.75, 3.05) is 0 Å². The molecular weight excluding hydrogens is 172 g/mol. The number of hydrogen-bond acceptors (Lipinski definition) is 1. The summed E-state index contributed by atoms with van der Waals surface area (Å²) < 4.78 is 0.